The van der Waals surface area contributed by atoms with Crippen LogP contribution >= 0.6 is 0 Å². The topological polar surface area (TPSA) is 60.9 Å². The van der Waals surface area contributed by atoms with E-state index >= 15 is 0 Å². The number of carboxylic acids is 1. The number of urea groups is 1. The van der Waals surface area contributed by atoms with Crippen molar-refractivity contribution < 1.29 is 14.7 Å². The van der Waals surface area contributed by atoms with E-state index in [1.807, 2.05) is 26.8 Å². The third-order valence-electron chi connectivity index (χ3n) is 2.89. The number of nitrogens with zero attached hydrogens (tertiary/aromatic N) is 2. The van der Waals surface area contributed by atoms with Gasteiger partial charge in [-0.2, -0.15) is 0 Å². The van der Waals surface area contributed by atoms with Gasteiger partial charge in [0.15, 0.2) is 0 Å². The maximum Gasteiger partial charge on any atom is 0.323 e. The fourth-order valence-corrected chi connectivity index (χ4v) is 1.96. The summed E-state index contributed by atoms with van der Waals surface area (Å²) >= 11 is 0. The minimum Gasteiger partial charge on any atom is -0.480 e. The molecule has 0 saturated carbocycles. The molecule has 0 bridgehead atoms. The zero-order chi connectivity index (χ0) is 13.7. The van der Waals surface area contributed by atoms with E-state index < -0.39 is 5.97 Å². The smallest absolute Gasteiger partial charge is 0.323 e. The molecule has 0 unspecified atom stereocenters. The lowest BCUT2D eigenvalue weighted by atomic mass is 10.1. The SMILES string of the molecule is CC1=CCN(C(=O)N(CC(=O)O)CC(C)C)CC1. The van der Waals surface area contributed by atoms with Crippen LogP contribution in [0.3, 0.4) is 0 Å². The average Bonchev–Trinajstić information content (AvgIpc) is 2.27. The van der Waals surface area contributed by atoms with E-state index in [1.54, 1.807) is 4.90 Å². The Hall–Kier alpha value is -1.52. The lowest BCUT2D eigenvalue weighted by Crippen LogP contribution is -2.48. The number of aliphatic carboxylic acids is 1. The van der Waals surface area contributed by atoms with Gasteiger partial charge in [-0.3, -0.25) is 4.79 Å². The van der Waals surface area contributed by atoms with Crippen molar-refractivity contribution in [1.29, 1.82) is 0 Å². The van der Waals surface area contributed by atoms with Gasteiger partial charge < -0.3 is 14.9 Å². The molecular weight excluding hydrogens is 232 g/mol. The van der Waals surface area contributed by atoms with Crippen LogP contribution in [0.5, 0.6) is 0 Å². The number of rotatable bonds is 4. The Morgan fingerprint density at radius 3 is 2.61 bits per heavy atom. The summed E-state index contributed by atoms with van der Waals surface area (Å²) in [6.45, 7) is 7.50. The summed E-state index contributed by atoms with van der Waals surface area (Å²) in [6, 6.07) is -0.171. The molecule has 0 saturated heterocycles. The first kappa shape index (κ1) is 14.5. The normalized spacial score (nSPS) is 15.6. The molecule has 0 spiro atoms. The van der Waals surface area contributed by atoms with E-state index in [0.717, 1.165) is 6.42 Å². The Kier molecular flexibility index (Phi) is 5.19. The summed E-state index contributed by atoms with van der Waals surface area (Å²) in [6.07, 6.45) is 2.89. The molecule has 0 atom stereocenters. The first-order valence-electron chi connectivity index (χ1n) is 6.31. The molecule has 0 aromatic heterocycles. The molecule has 0 fully saturated rings. The lowest BCUT2D eigenvalue weighted by Gasteiger charge is -2.32. The van der Waals surface area contributed by atoms with Crippen molar-refractivity contribution in [3.63, 3.8) is 0 Å². The van der Waals surface area contributed by atoms with Gasteiger partial charge in [-0.05, 0) is 19.3 Å². The second-order valence-corrected chi connectivity index (χ2v) is 5.20. The summed E-state index contributed by atoms with van der Waals surface area (Å²) in [5.41, 5.74) is 1.28. The van der Waals surface area contributed by atoms with Crippen molar-refractivity contribution in [3.05, 3.63) is 11.6 Å². The van der Waals surface area contributed by atoms with Crippen molar-refractivity contribution >= 4 is 12.0 Å². The fourth-order valence-electron chi connectivity index (χ4n) is 1.96. The van der Waals surface area contributed by atoms with Crippen molar-refractivity contribution in [2.45, 2.75) is 27.2 Å². The number of hydrogen-bond acceptors (Lipinski definition) is 2. The number of amides is 2. The Morgan fingerprint density at radius 1 is 1.50 bits per heavy atom. The van der Waals surface area contributed by atoms with E-state index in [4.69, 9.17) is 5.11 Å². The van der Waals surface area contributed by atoms with Crippen molar-refractivity contribution in [3.8, 4) is 0 Å². The van der Waals surface area contributed by atoms with Crippen LogP contribution in [0.15, 0.2) is 11.6 Å². The zero-order valence-corrected chi connectivity index (χ0v) is 11.3. The Balaban J connectivity index is 2.66. The first-order valence-corrected chi connectivity index (χ1v) is 6.31. The molecule has 1 N–H and O–H groups in total. The van der Waals surface area contributed by atoms with E-state index in [9.17, 15) is 9.59 Å². The molecular formula is C13H22N2O3. The highest BCUT2D eigenvalue weighted by Gasteiger charge is 2.24. The largest absolute Gasteiger partial charge is 0.480 e. The standard InChI is InChI=1S/C13H22N2O3/c1-10(2)8-15(9-12(16)17)13(18)14-6-4-11(3)5-7-14/h4,10H,5-9H2,1-3H3,(H,16,17). The molecule has 18 heavy (non-hydrogen) atoms. The van der Waals surface area contributed by atoms with Gasteiger partial charge in [0.05, 0.1) is 0 Å². The minimum atomic E-state index is -0.965. The molecule has 1 heterocycles. The van der Waals surface area contributed by atoms with Gasteiger partial charge in [0.25, 0.3) is 0 Å². The van der Waals surface area contributed by atoms with Gasteiger partial charge in [0.2, 0.25) is 0 Å². The average molecular weight is 254 g/mol. The minimum absolute atomic E-state index is 0.171. The monoisotopic (exact) mass is 254 g/mol. The second-order valence-electron chi connectivity index (χ2n) is 5.20. The van der Waals surface area contributed by atoms with Crippen molar-refractivity contribution in [2.24, 2.45) is 5.92 Å². The Bertz CT molecular complexity index is 350. The Labute approximate surface area is 108 Å². The van der Waals surface area contributed by atoms with Crippen molar-refractivity contribution in [2.75, 3.05) is 26.2 Å². The fraction of sp³-hybridized carbons (Fsp3) is 0.692. The van der Waals surface area contributed by atoms with E-state index in [1.165, 1.54) is 10.5 Å². The third-order valence-corrected chi connectivity index (χ3v) is 2.89. The first-order chi connectivity index (χ1) is 8.40. The molecule has 102 valence electrons. The predicted octanol–water partition coefficient (Wildman–Crippen LogP) is 1.80. The number of carbonyl (C=O) groups is 2. The highest BCUT2D eigenvalue weighted by molar-refractivity contribution is 5.80. The van der Waals surface area contributed by atoms with Crippen LogP contribution in [-0.4, -0.2) is 53.1 Å². The maximum atomic E-state index is 12.2. The van der Waals surface area contributed by atoms with Crippen LogP contribution in [-0.2, 0) is 4.79 Å². The van der Waals surface area contributed by atoms with E-state index in [-0.39, 0.29) is 18.5 Å². The molecule has 5 heteroatoms. The highest BCUT2D eigenvalue weighted by atomic mass is 16.4. The lowest BCUT2D eigenvalue weighted by molar-refractivity contribution is -0.137. The van der Waals surface area contributed by atoms with Gasteiger partial charge in [0.1, 0.15) is 6.54 Å². The highest BCUT2D eigenvalue weighted by Crippen LogP contribution is 2.12. The molecule has 0 aliphatic carbocycles. The molecule has 2 amide bonds. The molecule has 1 aliphatic rings. The molecule has 1 aliphatic heterocycles. The molecule has 5 nitrogen and oxygen atoms in total. The van der Waals surface area contributed by atoms with Crippen LogP contribution in [0.25, 0.3) is 0 Å². The van der Waals surface area contributed by atoms with Crippen LogP contribution in [0.2, 0.25) is 0 Å². The maximum absolute atomic E-state index is 12.2. The molecule has 1 rings (SSSR count). The number of hydrogen-bond donors (Lipinski definition) is 1. The zero-order valence-electron chi connectivity index (χ0n) is 11.3. The van der Waals surface area contributed by atoms with Gasteiger partial charge >= 0.3 is 12.0 Å². The summed E-state index contributed by atoms with van der Waals surface area (Å²) in [5, 5.41) is 8.86. The van der Waals surface area contributed by atoms with Crippen LogP contribution in [0, 0.1) is 5.92 Å². The Morgan fingerprint density at radius 2 is 2.17 bits per heavy atom. The van der Waals surface area contributed by atoms with Gasteiger partial charge in [-0.15, -0.1) is 0 Å². The summed E-state index contributed by atoms with van der Waals surface area (Å²) < 4.78 is 0. The van der Waals surface area contributed by atoms with E-state index in [0.29, 0.717) is 19.6 Å². The second kappa shape index (κ2) is 6.42. The quantitative estimate of drug-likeness (QED) is 0.778. The molecule has 0 aromatic carbocycles. The molecule has 0 radical (unpaired) electrons. The van der Waals surface area contributed by atoms with Gasteiger partial charge in [-0.1, -0.05) is 25.5 Å². The summed E-state index contributed by atoms with van der Waals surface area (Å²) in [4.78, 5) is 26.2. The summed E-state index contributed by atoms with van der Waals surface area (Å²) in [5.74, 6) is -0.705. The van der Waals surface area contributed by atoms with Crippen LogP contribution in [0.4, 0.5) is 4.79 Å². The predicted molar refractivity (Wildman–Crippen MR) is 69.4 cm³/mol. The number of carboxylic acid groups (broad SMARTS) is 1. The van der Waals surface area contributed by atoms with E-state index in [2.05, 4.69) is 0 Å². The van der Waals surface area contributed by atoms with Crippen molar-refractivity contribution in [1.82, 2.24) is 9.80 Å². The summed E-state index contributed by atoms with van der Waals surface area (Å²) in [7, 11) is 0. The number of carbonyl (C=O) groups excluding carboxylic acids is 1. The van der Waals surface area contributed by atoms with Gasteiger partial charge in [-0.25, -0.2) is 4.79 Å². The van der Waals surface area contributed by atoms with Gasteiger partial charge in [0, 0.05) is 19.6 Å². The third kappa shape index (κ3) is 4.39. The van der Waals surface area contributed by atoms with Crippen LogP contribution in [0.1, 0.15) is 27.2 Å². The van der Waals surface area contributed by atoms with Crippen LogP contribution < -0.4 is 0 Å². The molecule has 0 aromatic rings.